The number of benzene rings is 1. The standard InChI is InChI=1S/C13H20N2O3S2/c1-9(2)15-12(13(14)16)8-19-10-4-6-11(7-5-10)20(3,17)18/h4-7,9,12,15H,8H2,1-3H3,(H2,14,16). The number of amides is 1. The Balaban J connectivity index is 2.67. The molecule has 1 unspecified atom stereocenters. The SMILES string of the molecule is CC(C)NC(CSc1ccc(S(C)(=O)=O)cc1)C(N)=O. The van der Waals surface area contributed by atoms with Crippen LogP contribution in [0.2, 0.25) is 0 Å². The summed E-state index contributed by atoms with van der Waals surface area (Å²) in [6, 6.07) is 6.35. The van der Waals surface area contributed by atoms with Gasteiger partial charge in [0, 0.05) is 22.9 Å². The van der Waals surface area contributed by atoms with E-state index in [0.29, 0.717) is 5.75 Å². The Bertz CT molecular complexity index is 553. The zero-order valence-corrected chi connectivity index (χ0v) is 13.4. The maximum atomic E-state index is 11.3. The normalized spacial score (nSPS) is 13.4. The summed E-state index contributed by atoms with van der Waals surface area (Å²) in [5.74, 6) is 0.116. The summed E-state index contributed by atoms with van der Waals surface area (Å²) in [6.07, 6.45) is 1.17. The van der Waals surface area contributed by atoms with Gasteiger partial charge in [-0.2, -0.15) is 0 Å². The van der Waals surface area contributed by atoms with E-state index >= 15 is 0 Å². The van der Waals surface area contributed by atoms with Gasteiger partial charge in [-0.1, -0.05) is 13.8 Å². The summed E-state index contributed by atoms with van der Waals surface area (Å²) in [6.45, 7) is 3.89. The smallest absolute Gasteiger partial charge is 0.235 e. The molecule has 0 aromatic heterocycles. The van der Waals surface area contributed by atoms with Gasteiger partial charge in [0.25, 0.3) is 0 Å². The van der Waals surface area contributed by atoms with Crippen LogP contribution < -0.4 is 11.1 Å². The van der Waals surface area contributed by atoms with Crippen LogP contribution in [0.3, 0.4) is 0 Å². The molecule has 0 saturated heterocycles. The highest BCUT2D eigenvalue weighted by atomic mass is 32.2. The van der Waals surface area contributed by atoms with Gasteiger partial charge < -0.3 is 11.1 Å². The fourth-order valence-corrected chi connectivity index (χ4v) is 3.16. The molecule has 1 aromatic rings. The summed E-state index contributed by atoms with van der Waals surface area (Å²) < 4.78 is 22.7. The van der Waals surface area contributed by atoms with Gasteiger partial charge in [0.1, 0.15) is 0 Å². The zero-order valence-electron chi connectivity index (χ0n) is 11.8. The number of nitrogens with one attached hydrogen (secondary N) is 1. The molecule has 1 rings (SSSR count). The minimum atomic E-state index is -3.18. The van der Waals surface area contributed by atoms with Crippen molar-refractivity contribution < 1.29 is 13.2 Å². The van der Waals surface area contributed by atoms with Crippen molar-refractivity contribution >= 4 is 27.5 Å². The molecule has 1 aromatic carbocycles. The average molecular weight is 316 g/mol. The zero-order chi connectivity index (χ0) is 15.3. The molecule has 0 radical (unpaired) electrons. The van der Waals surface area contributed by atoms with E-state index in [9.17, 15) is 13.2 Å². The Labute approximate surface area is 124 Å². The minimum absolute atomic E-state index is 0.167. The molecule has 3 N–H and O–H groups in total. The molecule has 1 atom stereocenters. The van der Waals surface area contributed by atoms with Crippen molar-refractivity contribution in [1.82, 2.24) is 5.32 Å². The molecular weight excluding hydrogens is 296 g/mol. The molecule has 0 fully saturated rings. The summed E-state index contributed by atoms with van der Waals surface area (Å²) in [5, 5.41) is 3.09. The number of primary amides is 1. The third-order valence-electron chi connectivity index (χ3n) is 2.55. The molecule has 5 nitrogen and oxygen atoms in total. The van der Waals surface area contributed by atoms with E-state index in [-0.39, 0.29) is 16.8 Å². The van der Waals surface area contributed by atoms with E-state index in [1.54, 1.807) is 24.3 Å². The Morgan fingerprint density at radius 1 is 1.30 bits per heavy atom. The third kappa shape index (κ3) is 5.52. The van der Waals surface area contributed by atoms with Gasteiger partial charge in [0.05, 0.1) is 10.9 Å². The highest BCUT2D eigenvalue weighted by Crippen LogP contribution is 2.21. The number of hydrogen-bond donors (Lipinski definition) is 2. The average Bonchev–Trinajstić information content (AvgIpc) is 2.33. The van der Waals surface area contributed by atoms with E-state index in [1.165, 1.54) is 18.0 Å². The van der Waals surface area contributed by atoms with E-state index < -0.39 is 15.9 Å². The highest BCUT2D eigenvalue weighted by molar-refractivity contribution is 7.99. The largest absolute Gasteiger partial charge is 0.368 e. The molecule has 7 heteroatoms. The molecular formula is C13H20N2O3S2. The molecule has 20 heavy (non-hydrogen) atoms. The van der Waals surface area contributed by atoms with E-state index in [1.807, 2.05) is 13.8 Å². The molecule has 0 aliphatic carbocycles. The lowest BCUT2D eigenvalue weighted by Crippen LogP contribution is -2.46. The fraction of sp³-hybridized carbons (Fsp3) is 0.462. The van der Waals surface area contributed by atoms with Crippen molar-refractivity contribution in [1.29, 1.82) is 0 Å². The Kier molecular flexibility index (Phi) is 6.04. The maximum absolute atomic E-state index is 11.3. The summed E-state index contributed by atoms with van der Waals surface area (Å²) >= 11 is 1.46. The number of carbonyl (C=O) groups is 1. The molecule has 1 amide bonds. The van der Waals surface area contributed by atoms with Gasteiger partial charge in [-0.05, 0) is 24.3 Å². The van der Waals surface area contributed by atoms with Crippen LogP contribution in [-0.2, 0) is 14.6 Å². The Hall–Kier alpha value is -1.05. The van der Waals surface area contributed by atoms with Gasteiger partial charge >= 0.3 is 0 Å². The van der Waals surface area contributed by atoms with Crippen LogP contribution in [0.4, 0.5) is 0 Å². The van der Waals surface area contributed by atoms with Gasteiger partial charge in [0.15, 0.2) is 9.84 Å². The number of rotatable bonds is 7. The number of sulfone groups is 1. The number of hydrogen-bond acceptors (Lipinski definition) is 5. The van der Waals surface area contributed by atoms with Crippen molar-refractivity contribution in [2.24, 2.45) is 5.73 Å². The van der Waals surface area contributed by atoms with Crippen molar-refractivity contribution in [2.75, 3.05) is 12.0 Å². The lowest BCUT2D eigenvalue weighted by Gasteiger charge is -2.17. The minimum Gasteiger partial charge on any atom is -0.368 e. The predicted molar refractivity (Wildman–Crippen MR) is 81.5 cm³/mol. The second kappa shape index (κ2) is 7.10. The quantitative estimate of drug-likeness (QED) is 0.734. The molecule has 0 bridgehead atoms. The van der Waals surface area contributed by atoms with Crippen LogP contribution in [0.5, 0.6) is 0 Å². The van der Waals surface area contributed by atoms with Crippen molar-refractivity contribution in [3.05, 3.63) is 24.3 Å². The van der Waals surface area contributed by atoms with Crippen molar-refractivity contribution in [2.45, 2.75) is 35.7 Å². The monoisotopic (exact) mass is 316 g/mol. The van der Waals surface area contributed by atoms with Crippen LogP contribution in [0.15, 0.2) is 34.1 Å². The summed E-state index contributed by atoms with van der Waals surface area (Å²) in [7, 11) is -3.18. The fourth-order valence-electron chi connectivity index (χ4n) is 1.58. The molecule has 0 saturated carbocycles. The van der Waals surface area contributed by atoms with Crippen LogP contribution in [0.25, 0.3) is 0 Å². The van der Waals surface area contributed by atoms with Crippen LogP contribution in [0, 0.1) is 0 Å². The summed E-state index contributed by atoms with van der Waals surface area (Å²) in [4.78, 5) is 12.5. The highest BCUT2D eigenvalue weighted by Gasteiger charge is 2.16. The first kappa shape index (κ1) is 17.0. The topological polar surface area (TPSA) is 89.3 Å². The lowest BCUT2D eigenvalue weighted by molar-refractivity contribution is -0.119. The second-order valence-electron chi connectivity index (χ2n) is 4.83. The van der Waals surface area contributed by atoms with Gasteiger partial charge in [-0.3, -0.25) is 4.79 Å². The molecule has 112 valence electrons. The first-order valence-electron chi connectivity index (χ1n) is 6.18. The Morgan fingerprint density at radius 2 is 1.85 bits per heavy atom. The van der Waals surface area contributed by atoms with Gasteiger partial charge in [0.2, 0.25) is 5.91 Å². The second-order valence-corrected chi connectivity index (χ2v) is 7.94. The van der Waals surface area contributed by atoms with Gasteiger partial charge in [-0.25, -0.2) is 8.42 Å². The van der Waals surface area contributed by atoms with E-state index in [4.69, 9.17) is 5.73 Å². The first-order chi connectivity index (χ1) is 9.20. The molecule has 0 heterocycles. The van der Waals surface area contributed by atoms with Crippen molar-refractivity contribution in [3.8, 4) is 0 Å². The molecule has 0 aliphatic rings. The predicted octanol–water partition coefficient (Wildman–Crippen LogP) is 1.03. The van der Waals surface area contributed by atoms with Crippen molar-refractivity contribution in [3.63, 3.8) is 0 Å². The van der Waals surface area contributed by atoms with E-state index in [0.717, 1.165) is 4.90 Å². The molecule has 0 spiro atoms. The summed E-state index contributed by atoms with van der Waals surface area (Å²) in [5.41, 5.74) is 5.34. The van der Waals surface area contributed by atoms with E-state index in [2.05, 4.69) is 5.32 Å². The number of carbonyl (C=O) groups excluding carboxylic acids is 1. The van der Waals surface area contributed by atoms with Crippen LogP contribution in [-0.4, -0.2) is 38.4 Å². The Morgan fingerprint density at radius 3 is 2.25 bits per heavy atom. The first-order valence-corrected chi connectivity index (χ1v) is 9.06. The van der Waals surface area contributed by atoms with Crippen LogP contribution >= 0.6 is 11.8 Å². The van der Waals surface area contributed by atoms with Crippen LogP contribution in [0.1, 0.15) is 13.8 Å². The number of thioether (sulfide) groups is 1. The van der Waals surface area contributed by atoms with Gasteiger partial charge in [-0.15, -0.1) is 11.8 Å². The maximum Gasteiger partial charge on any atom is 0.235 e. The molecule has 0 aliphatic heterocycles. The third-order valence-corrected chi connectivity index (χ3v) is 4.78. The number of nitrogens with two attached hydrogens (primary N) is 1. The lowest BCUT2D eigenvalue weighted by atomic mass is 10.3.